The summed E-state index contributed by atoms with van der Waals surface area (Å²) in [6, 6.07) is 0. The summed E-state index contributed by atoms with van der Waals surface area (Å²) in [5.74, 6) is 0. The molecule has 0 aliphatic heterocycles. The molecule has 0 spiro atoms. The summed E-state index contributed by atoms with van der Waals surface area (Å²) in [5.41, 5.74) is 0.527. The molecular formula is C8H2Cl8. The molecule has 0 atom stereocenters. The first kappa shape index (κ1) is 15.6. The van der Waals surface area contributed by atoms with Gasteiger partial charge in [0, 0.05) is 11.1 Å². The Balaban J connectivity index is 3.69. The highest BCUT2D eigenvalue weighted by atomic mass is 35.5. The first-order valence-electron chi connectivity index (χ1n) is 3.71. The average molecular weight is 382 g/mol. The van der Waals surface area contributed by atoms with Gasteiger partial charge in [-0.2, -0.15) is 0 Å². The van der Waals surface area contributed by atoms with Crippen molar-refractivity contribution in [3.05, 3.63) is 31.2 Å². The summed E-state index contributed by atoms with van der Waals surface area (Å²) in [6.45, 7) is 0. The van der Waals surface area contributed by atoms with Crippen molar-refractivity contribution >= 4 is 92.8 Å². The summed E-state index contributed by atoms with van der Waals surface area (Å²) in [7, 11) is 0. The lowest BCUT2D eigenvalue weighted by Crippen LogP contribution is -1.98. The van der Waals surface area contributed by atoms with Crippen LogP contribution in [0.3, 0.4) is 0 Å². The third-order valence-electron chi connectivity index (χ3n) is 1.78. The molecule has 0 saturated heterocycles. The van der Waals surface area contributed by atoms with Gasteiger partial charge in [0.05, 0.1) is 20.1 Å². The molecule has 0 aliphatic rings. The van der Waals surface area contributed by atoms with Crippen LogP contribution < -0.4 is 0 Å². The Morgan fingerprint density at radius 2 is 0.750 bits per heavy atom. The number of alkyl halides is 4. The van der Waals surface area contributed by atoms with Crippen molar-refractivity contribution in [2.45, 2.75) is 9.67 Å². The van der Waals surface area contributed by atoms with E-state index >= 15 is 0 Å². The van der Waals surface area contributed by atoms with E-state index in [-0.39, 0.29) is 31.2 Å². The Labute approximate surface area is 133 Å². The van der Waals surface area contributed by atoms with Crippen molar-refractivity contribution < 1.29 is 0 Å². The highest BCUT2D eigenvalue weighted by Crippen LogP contribution is 2.50. The summed E-state index contributed by atoms with van der Waals surface area (Å²) in [5, 5.41) is 0.305. The van der Waals surface area contributed by atoms with E-state index in [2.05, 4.69) is 0 Å². The predicted octanol–water partition coefficient (Wildman–Crippen LogP) is 7.25. The molecule has 0 saturated carbocycles. The van der Waals surface area contributed by atoms with E-state index < -0.39 is 9.67 Å². The smallest absolute Gasteiger partial charge is 0.1000 e. The molecule has 1 aromatic carbocycles. The molecule has 16 heavy (non-hydrogen) atoms. The second-order valence-corrected chi connectivity index (χ2v) is 6.39. The summed E-state index contributed by atoms with van der Waals surface area (Å²) in [4.78, 5) is -1.93. The largest absolute Gasteiger partial charge is 0.134 e. The fourth-order valence-corrected chi connectivity index (χ4v) is 3.32. The van der Waals surface area contributed by atoms with E-state index in [0.717, 1.165) is 0 Å². The number of hydrogen-bond donors (Lipinski definition) is 0. The molecule has 0 amide bonds. The van der Waals surface area contributed by atoms with Crippen LogP contribution in [-0.4, -0.2) is 0 Å². The molecule has 0 aliphatic carbocycles. The highest BCUT2D eigenvalue weighted by molar-refractivity contribution is 6.55. The van der Waals surface area contributed by atoms with Gasteiger partial charge in [0.25, 0.3) is 0 Å². The van der Waals surface area contributed by atoms with Gasteiger partial charge in [-0.25, -0.2) is 0 Å². The third kappa shape index (κ3) is 2.92. The second kappa shape index (κ2) is 6.12. The van der Waals surface area contributed by atoms with Crippen molar-refractivity contribution in [3.63, 3.8) is 0 Å². The SMILES string of the molecule is Clc1c(Cl)c(Cl)c(C(Cl)Cl)c(C(Cl)Cl)c1Cl. The zero-order valence-electron chi connectivity index (χ0n) is 7.18. The Morgan fingerprint density at radius 3 is 0.938 bits per heavy atom. The lowest BCUT2D eigenvalue weighted by molar-refractivity contribution is 1.22. The molecular weight excluding hydrogens is 380 g/mol. The minimum atomic E-state index is -0.963. The van der Waals surface area contributed by atoms with Crippen LogP contribution in [0.25, 0.3) is 0 Å². The number of hydrogen-bond acceptors (Lipinski definition) is 0. The first-order chi connectivity index (χ1) is 7.29. The number of halogens is 8. The van der Waals surface area contributed by atoms with Crippen LogP contribution in [0.4, 0.5) is 0 Å². The lowest BCUT2D eigenvalue weighted by Gasteiger charge is -2.17. The van der Waals surface area contributed by atoms with Crippen LogP contribution in [0.2, 0.25) is 20.1 Å². The fourth-order valence-electron chi connectivity index (χ4n) is 1.09. The van der Waals surface area contributed by atoms with Gasteiger partial charge in [-0.3, -0.25) is 0 Å². The van der Waals surface area contributed by atoms with E-state index in [4.69, 9.17) is 92.8 Å². The Hall–Kier alpha value is 1.54. The van der Waals surface area contributed by atoms with Gasteiger partial charge in [-0.15, -0.1) is 0 Å². The molecule has 1 rings (SSSR count). The first-order valence-corrected chi connectivity index (χ1v) is 6.96. The Bertz CT molecular complexity index is 372. The van der Waals surface area contributed by atoms with Gasteiger partial charge in [-0.1, -0.05) is 92.8 Å². The second-order valence-electron chi connectivity index (χ2n) is 2.68. The minimum absolute atomic E-state index is 0.0624. The summed E-state index contributed by atoms with van der Waals surface area (Å²) >= 11 is 46.7. The van der Waals surface area contributed by atoms with Gasteiger partial charge in [-0.05, 0) is 0 Å². The van der Waals surface area contributed by atoms with Crippen molar-refractivity contribution in [1.82, 2.24) is 0 Å². The van der Waals surface area contributed by atoms with E-state index in [9.17, 15) is 0 Å². The number of benzene rings is 1. The van der Waals surface area contributed by atoms with Gasteiger partial charge in [0.15, 0.2) is 0 Å². The monoisotopic (exact) mass is 378 g/mol. The normalized spacial score (nSPS) is 11.6. The van der Waals surface area contributed by atoms with Gasteiger partial charge in [0.1, 0.15) is 9.67 Å². The van der Waals surface area contributed by atoms with Crippen LogP contribution >= 0.6 is 92.8 Å². The molecule has 0 fully saturated rings. The van der Waals surface area contributed by atoms with Crippen LogP contribution in [0.15, 0.2) is 0 Å². The maximum atomic E-state index is 5.95. The summed E-state index contributed by atoms with van der Waals surface area (Å²) in [6.07, 6.45) is 0. The van der Waals surface area contributed by atoms with Crippen LogP contribution in [0, 0.1) is 0 Å². The van der Waals surface area contributed by atoms with Crippen LogP contribution in [0.5, 0.6) is 0 Å². The minimum Gasteiger partial charge on any atom is -0.1000 e. The topological polar surface area (TPSA) is 0 Å². The van der Waals surface area contributed by atoms with Crippen LogP contribution in [0.1, 0.15) is 20.8 Å². The lowest BCUT2D eigenvalue weighted by atomic mass is 10.1. The van der Waals surface area contributed by atoms with Gasteiger partial charge in [0.2, 0.25) is 0 Å². The molecule has 0 aromatic heterocycles. The maximum Gasteiger partial charge on any atom is 0.134 e. The van der Waals surface area contributed by atoms with Gasteiger partial charge < -0.3 is 0 Å². The summed E-state index contributed by atoms with van der Waals surface area (Å²) < 4.78 is 0. The highest BCUT2D eigenvalue weighted by Gasteiger charge is 2.26. The molecule has 90 valence electrons. The quantitative estimate of drug-likeness (QED) is 0.287. The Morgan fingerprint density at radius 1 is 0.500 bits per heavy atom. The predicted molar refractivity (Wildman–Crippen MR) is 75.4 cm³/mol. The molecule has 0 heterocycles. The van der Waals surface area contributed by atoms with Gasteiger partial charge >= 0.3 is 0 Å². The third-order valence-corrected chi connectivity index (χ3v) is 4.48. The average Bonchev–Trinajstić information content (AvgIpc) is 2.18. The number of rotatable bonds is 2. The van der Waals surface area contributed by atoms with E-state index in [0.29, 0.717) is 0 Å². The molecule has 0 nitrogen and oxygen atoms in total. The molecule has 8 heteroatoms. The fraction of sp³-hybridized carbons (Fsp3) is 0.250. The van der Waals surface area contributed by atoms with Crippen molar-refractivity contribution in [1.29, 1.82) is 0 Å². The van der Waals surface area contributed by atoms with Crippen molar-refractivity contribution in [2.75, 3.05) is 0 Å². The molecule has 0 N–H and O–H groups in total. The molecule has 0 radical (unpaired) electrons. The van der Waals surface area contributed by atoms with Crippen LogP contribution in [-0.2, 0) is 0 Å². The van der Waals surface area contributed by atoms with E-state index in [1.165, 1.54) is 0 Å². The van der Waals surface area contributed by atoms with Crippen molar-refractivity contribution in [3.8, 4) is 0 Å². The zero-order valence-corrected chi connectivity index (χ0v) is 13.2. The molecule has 0 unspecified atom stereocenters. The van der Waals surface area contributed by atoms with E-state index in [1.54, 1.807) is 0 Å². The van der Waals surface area contributed by atoms with E-state index in [1.807, 2.05) is 0 Å². The zero-order chi connectivity index (χ0) is 12.6. The van der Waals surface area contributed by atoms with Crippen molar-refractivity contribution in [2.24, 2.45) is 0 Å². The Kier molecular flexibility index (Phi) is 5.97. The maximum absolute atomic E-state index is 5.95. The molecule has 1 aromatic rings. The molecule has 0 bridgehead atoms. The standard InChI is InChI=1S/C8H2Cl8/c9-3-1(7(13)14)2(8(15)16)4(10)6(12)5(3)11/h7-8H.